The second kappa shape index (κ2) is 7.10. The Balaban J connectivity index is 2.43. The summed E-state index contributed by atoms with van der Waals surface area (Å²) >= 11 is 3.45. The van der Waals surface area contributed by atoms with Gasteiger partial charge in [0.15, 0.2) is 0 Å². The van der Waals surface area contributed by atoms with E-state index in [9.17, 15) is 8.42 Å². The fraction of sp³-hybridized carbons (Fsp3) is 1.00. The van der Waals surface area contributed by atoms with Gasteiger partial charge in [-0.25, -0.2) is 12.7 Å². The molecule has 0 aromatic rings. The molecule has 0 aromatic carbocycles. The lowest BCUT2D eigenvalue weighted by molar-refractivity contribution is 0.374. The molecule has 1 saturated carbocycles. The highest BCUT2D eigenvalue weighted by molar-refractivity contribution is 9.09. The van der Waals surface area contributed by atoms with Crippen molar-refractivity contribution in [2.24, 2.45) is 5.92 Å². The van der Waals surface area contributed by atoms with Crippen LogP contribution in [0.2, 0.25) is 0 Å². The van der Waals surface area contributed by atoms with Gasteiger partial charge in [-0.15, -0.1) is 0 Å². The lowest BCUT2D eigenvalue weighted by Crippen LogP contribution is -2.34. The van der Waals surface area contributed by atoms with Crippen molar-refractivity contribution >= 4 is 26.0 Å². The Morgan fingerprint density at radius 2 is 1.88 bits per heavy atom. The molecule has 1 rings (SSSR count). The number of rotatable bonds is 6. The number of sulfonamides is 1. The summed E-state index contributed by atoms with van der Waals surface area (Å²) in [6.07, 6.45) is 6.70. The number of nitrogens with zero attached hydrogens (tertiary/aromatic N) is 1. The smallest absolute Gasteiger partial charge is 0.212 e. The molecule has 102 valence electrons. The first-order valence-electron chi connectivity index (χ1n) is 6.50. The van der Waals surface area contributed by atoms with E-state index in [0.717, 1.165) is 19.3 Å². The third kappa shape index (κ3) is 5.71. The van der Waals surface area contributed by atoms with E-state index in [4.69, 9.17) is 0 Å². The normalized spacial score (nSPS) is 20.7. The van der Waals surface area contributed by atoms with Crippen LogP contribution in [0.5, 0.6) is 0 Å². The number of halogens is 1. The molecule has 0 N–H and O–H groups in total. The van der Waals surface area contributed by atoms with Crippen LogP contribution >= 0.6 is 15.9 Å². The van der Waals surface area contributed by atoms with Crippen LogP contribution in [-0.4, -0.2) is 36.9 Å². The maximum atomic E-state index is 12.1. The number of hydrogen-bond donors (Lipinski definition) is 0. The van der Waals surface area contributed by atoms with E-state index in [-0.39, 0.29) is 0 Å². The van der Waals surface area contributed by atoms with E-state index < -0.39 is 10.0 Å². The SMILES string of the molecule is CC(Br)CCN(C)S(=O)(=O)CC1CCCCC1. The minimum Gasteiger partial charge on any atom is -0.212 e. The van der Waals surface area contributed by atoms with Gasteiger partial charge in [-0.2, -0.15) is 0 Å². The molecule has 0 saturated heterocycles. The fourth-order valence-corrected chi connectivity index (χ4v) is 4.05. The van der Waals surface area contributed by atoms with Crippen LogP contribution in [0, 0.1) is 5.92 Å². The summed E-state index contributed by atoms with van der Waals surface area (Å²) in [5.41, 5.74) is 0. The molecular weight excluding hydrogens is 302 g/mol. The van der Waals surface area contributed by atoms with Gasteiger partial charge < -0.3 is 0 Å². The highest BCUT2D eigenvalue weighted by Crippen LogP contribution is 2.25. The fourth-order valence-electron chi connectivity index (χ4n) is 2.28. The Labute approximate surface area is 114 Å². The second-order valence-electron chi connectivity index (χ2n) is 5.17. The van der Waals surface area contributed by atoms with E-state index in [1.807, 2.05) is 6.92 Å². The molecule has 1 atom stereocenters. The first-order valence-corrected chi connectivity index (χ1v) is 9.02. The van der Waals surface area contributed by atoms with Crippen molar-refractivity contribution in [1.29, 1.82) is 0 Å². The van der Waals surface area contributed by atoms with Gasteiger partial charge in [0.1, 0.15) is 0 Å². The maximum Gasteiger partial charge on any atom is 0.214 e. The predicted octanol–water partition coefficient (Wildman–Crippen LogP) is 3.00. The average Bonchev–Trinajstić information content (AvgIpc) is 2.26. The molecule has 17 heavy (non-hydrogen) atoms. The van der Waals surface area contributed by atoms with Gasteiger partial charge in [0, 0.05) is 18.4 Å². The van der Waals surface area contributed by atoms with Crippen molar-refractivity contribution in [1.82, 2.24) is 4.31 Å². The van der Waals surface area contributed by atoms with Gasteiger partial charge in [-0.3, -0.25) is 0 Å². The molecule has 0 aromatic heterocycles. The van der Waals surface area contributed by atoms with E-state index in [0.29, 0.717) is 23.0 Å². The van der Waals surface area contributed by atoms with Crippen molar-refractivity contribution in [2.75, 3.05) is 19.3 Å². The molecule has 0 bridgehead atoms. The summed E-state index contributed by atoms with van der Waals surface area (Å²) in [6, 6.07) is 0. The van der Waals surface area contributed by atoms with Gasteiger partial charge >= 0.3 is 0 Å². The Kier molecular flexibility index (Phi) is 6.45. The van der Waals surface area contributed by atoms with Crippen LogP contribution in [0.1, 0.15) is 45.4 Å². The Bertz CT molecular complexity index is 310. The van der Waals surface area contributed by atoms with E-state index in [1.165, 1.54) is 23.6 Å². The largest absolute Gasteiger partial charge is 0.214 e. The lowest BCUT2D eigenvalue weighted by atomic mass is 9.91. The molecule has 0 aliphatic heterocycles. The van der Waals surface area contributed by atoms with E-state index in [2.05, 4.69) is 15.9 Å². The summed E-state index contributed by atoms with van der Waals surface area (Å²) in [5, 5.41) is 0. The highest BCUT2D eigenvalue weighted by Gasteiger charge is 2.24. The van der Waals surface area contributed by atoms with Crippen LogP contribution in [0.3, 0.4) is 0 Å². The number of alkyl halides is 1. The molecule has 3 nitrogen and oxygen atoms in total. The van der Waals surface area contributed by atoms with Crippen molar-refractivity contribution in [3.05, 3.63) is 0 Å². The van der Waals surface area contributed by atoms with Crippen molar-refractivity contribution in [3.8, 4) is 0 Å². The van der Waals surface area contributed by atoms with Crippen LogP contribution < -0.4 is 0 Å². The van der Waals surface area contributed by atoms with E-state index in [1.54, 1.807) is 7.05 Å². The zero-order valence-electron chi connectivity index (χ0n) is 10.9. The minimum atomic E-state index is -3.04. The second-order valence-corrected chi connectivity index (χ2v) is 8.86. The Morgan fingerprint density at radius 1 is 1.29 bits per heavy atom. The Hall–Kier alpha value is 0.390. The number of hydrogen-bond acceptors (Lipinski definition) is 2. The average molecular weight is 326 g/mol. The molecule has 1 aliphatic carbocycles. The lowest BCUT2D eigenvalue weighted by Gasteiger charge is -2.24. The van der Waals surface area contributed by atoms with Crippen molar-refractivity contribution < 1.29 is 8.42 Å². The van der Waals surface area contributed by atoms with Crippen LogP contribution in [0.4, 0.5) is 0 Å². The summed E-state index contributed by atoms with van der Waals surface area (Å²) in [6.45, 7) is 2.66. The Morgan fingerprint density at radius 3 is 2.41 bits per heavy atom. The quantitative estimate of drug-likeness (QED) is 0.704. The standard InChI is InChI=1S/C12H24BrNO2S/c1-11(13)8-9-14(2)17(15,16)10-12-6-4-3-5-7-12/h11-12H,3-10H2,1-2H3. The predicted molar refractivity (Wildman–Crippen MR) is 76.0 cm³/mol. The third-order valence-corrected chi connectivity index (χ3v) is 5.97. The van der Waals surface area contributed by atoms with Crippen LogP contribution in [0.15, 0.2) is 0 Å². The summed E-state index contributed by atoms with van der Waals surface area (Å²) in [4.78, 5) is 0.370. The van der Waals surface area contributed by atoms with Crippen molar-refractivity contribution in [3.63, 3.8) is 0 Å². The molecule has 1 unspecified atom stereocenters. The van der Waals surface area contributed by atoms with Gasteiger partial charge in [-0.05, 0) is 25.2 Å². The molecule has 0 radical (unpaired) electrons. The van der Waals surface area contributed by atoms with Crippen molar-refractivity contribution in [2.45, 2.75) is 50.3 Å². The zero-order valence-corrected chi connectivity index (χ0v) is 13.3. The van der Waals surface area contributed by atoms with Gasteiger partial charge in [0.05, 0.1) is 5.75 Å². The first-order chi connectivity index (χ1) is 7.92. The topological polar surface area (TPSA) is 37.4 Å². The molecule has 1 aliphatic rings. The first kappa shape index (κ1) is 15.4. The van der Waals surface area contributed by atoms with Gasteiger partial charge in [0.25, 0.3) is 0 Å². The third-order valence-electron chi connectivity index (χ3n) is 3.49. The summed E-state index contributed by atoms with van der Waals surface area (Å²) in [5.74, 6) is 0.734. The molecule has 0 heterocycles. The van der Waals surface area contributed by atoms with Crippen LogP contribution in [-0.2, 0) is 10.0 Å². The molecule has 0 amide bonds. The molecule has 5 heteroatoms. The summed E-state index contributed by atoms with van der Waals surface area (Å²) in [7, 11) is -1.34. The summed E-state index contributed by atoms with van der Waals surface area (Å²) < 4.78 is 25.8. The zero-order chi connectivity index (χ0) is 12.9. The van der Waals surface area contributed by atoms with Crippen LogP contribution in [0.25, 0.3) is 0 Å². The minimum absolute atomic E-state index is 0.347. The molecule has 1 fully saturated rings. The van der Waals surface area contributed by atoms with E-state index >= 15 is 0 Å². The monoisotopic (exact) mass is 325 g/mol. The molecule has 0 spiro atoms. The van der Waals surface area contributed by atoms with Gasteiger partial charge in [0.2, 0.25) is 10.0 Å². The highest BCUT2D eigenvalue weighted by atomic mass is 79.9. The maximum absolute atomic E-state index is 12.1. The molecular formula is C12H24BrNO2S. The van der Waals surface area contributed by atoms with Gasteiger partial charge in [-0.1, -0.05) is 42.1 Å².